The summed E-state index contributed by atoms with van der Waals surface area (Å²) in [6.07, 6.45) is 0.932. The normalized spacial score (nSPS) is 15.2. The molecule has 1 unspecified atom stereocenters. The molecule has 1 aliphatic rings. The van der Waals surface area contributed by atoms with Crippen molar-refractivity contribution in [3.8, 4) is 11.5 Å². The van der Waals surface area contributed by atoms with Gasteiger partial charge in [-0.2, -0.15) is 0 Å². The molecule has 2 amide bonds. The molecule has 0 bridgehead atoms. The molecule has 1 aliphatic heterocycles. The van der Waals surface area contributed by atoms with E-state index in [1.165, 1.54) is 12.1 Å². The number of carbonyl (C=O) groups excluding carboxylic acids is 2. The smallest absolute Gasteiger partial charge is 0.255 e. The van der Waals surface area contributed by atoms with Gasteiger partial charge in [-0.05, 0) is 67.1 Å². The van der Waals surface area contributed by atoms with Crippen LogP contribution in [0.25, 0.3) is 0 Å². The third-order valence-corrected chi connectivity index (χ3v) is 6.25. The van der Waals surface area contributed by atoms with Crippen molar-refractivity contribution in [1.82, 2.24) is 4.90 Å². The molecule has 8 heteroatoms. The molecule has 3 aromatic carbocycles. The van der Waals surface area contributed by atoms with Crippen molar-refractivity contribution >= 4 is 34.8 Å². The molecule has 1 fully saturated rings. The van der Waals surface area contributed by atoms with Gasteiger partial charge in [0, 0.05) is 50.1 Å². The van der Waals surface area contributed by atoms with Gasteiger partial charge in [0.25, 0.3) is 5.91 Å². The maximum absolute atomic E-state index is 13.6. The second-order valence-corrected chi connectivity index (χ2v) is 8.63. The van der Waals surface area contributed by atoms with Gasteiger partial charge in [0.2, 0.25) is 5.91 Å². The minimum absolute atomic E-state index is 0.0256. The first-order valence-electron chi connectivity index (χ1n) is 10.9. The van der Waals surface area contributed by atoms with Crippen molar-refractivity contribution < 1.29 is 18.7 Å². The number of likely N-dealkylation sites (N-methyl/N-ethyl adjacent to an activating group) is 1. The summed E-state index contributed by atoms with van der Waals surface area (Å²) in [7, 11) is 1.84. The standard InChI is InChI=1S/C26H25ClFN3O3/c1-17(32)30(2)21-13-14-31(16-21)20-7-5-19(6-8-20)29-26(33)18-3-9-22(10-4-18)34-23-11-12-24(27)25(28)15-23/h3-12,15,21H,13-14,16H2,1-2H3,(H,29,33). The van der Waals surface area contributed by atoms with Crippen LogP contribution in [0.4, 0.5) is 15.8 Å². The van der Waals surface area contributed by atoms with Crippen LogP contribution in [0.1, 0.15) is 23.7 Å². The number of benzene rings is 3. The Hall–Kier alpha value is -3.58. The summed E-state index contributed by atoms with van der Waals surface area (Å²) < 4.78 is 19.2. The largest absolute Gasteiger partial charge is 0.457 e. The van der Waals surface area contributed by atoms with E-state index in [1.807, 2.05) is 31.3 Å². The first-order valence-corrected chi connectivity index (χ1v) is 11.3. The van der Waals surface area contributed by atoms with Crippen LogP contribution in [-0.2, 0) is 4.79 Å². The Kier molecular flexibility index (Phi) is 7.03. The number of amides is 2. The summed E-state index contributed by atoms with van der Waals surface area (Å²) in [4.78, 5) is 28.3. The van der Waals surface area contributed by atoms with Crippen LogP contribution >= 0.6 is 11.6 Å². The molecule has 0 spiro atoms. The monoisotopic (exact) mass is 481 g/mol. The van der Waals surface area contributed by atoms with E-state index >= 15 is 0 Å². The Morgan fingerprint density at radius 2 is 1.74 bits per heavy atom. The fraction of sp³-hybridized carbons (Fsp3) is 0.231. The third kappa shape index (κ3) is 5.48. The highest BCUT2D eigenvalue weighted by atomic mass is 35.5. The van der Waals surface area contributed by atoms with Gasteiger partial charge in [-0.25, -0.2) is 4.39 Å². The van der Waals surface area contributed by atoms with Gasteiger partial charge in [0.15, 0.2) is 0 Å². The number of halogens is 2. The number of rotatable bonds is 6. The fourth-order valence-electron chi connectivity index (χ4n) is 3.86. The highest BCUT2D eigenvalue weighted by Gasteiger charge is 2.27. The summed E-state index contributed by atoms with van der Waals surface area (Å²) in [5, 5.41) is 2.91. The number of carbonyl (C=O) groups is 2. The average molecular weight is 482 g/mol. The SMILES string of the molecule is CC(=O)N(C)C1CCN(c2ccc(NC(=O)c3ccc(Oc4ccc(Cl)c(F)c4)cc3)cc2)C1. The lowest BCUT2D eigenvalue weighted by atomic mass is 10.2. The number of hydrogen-bond acceptors (Lipinski definition) is 4. The van der Waals surface area contributed by atoms with E-state index in [4.69, 9.17) is 16.3 Å². The lowest BCUT2D eigenvalue weighted by molar-refractivity contribution is -0.129. The number of hydrogen-bond donors (Lipinski definition) is 1. The molecule has 176 valence electrons. The molecule has 0 saturated carbocycles. The van der Waals surface area contributed by atoms with E-state index in [-0.39, 0.29) is 22.9 Å². The van der Waals surface area contributed by atoms with Crippen LogP contribution in [0.3, 0.4) is 0 Å². The van der Waals surface area contributed by atoms with Gasteiger partial charge in [0.05, 0.1) is 11.1 Å². The molecule has 1 heterocycles. The minimum atomic E-state index is -0.561. The quantitative estimate of drug-likeness (QED) is 0.499. The number of nitrogens with zero attached hydrogens (tertiary/aromatic N) is 2. The first kappa shape index (κ1) is 23.6. The van der Waals surface area contributed by atoms with Crippen molar-refractivity contribution in [2.75, 3.05) is 30.4 Å². The number of ether oxygens (including phenoxy) is 1. The van der Waals surface area contributed by atoms with Crippen molar-refractivity contribution in [3.05, 3.63) is 83.1 Å². The average Bonchev–Trinajstić information content (AvgIpc) is 3.32. The molecule has 6 nitrogen and oxygen atoms in total. The second-order valence-electron chi connectivity index (χ2n) is 8.22. The Morgan fingerprint density at radius 1 is 1.06 bits per heavy atom. The summed E-state index contributed by atoms with van der Waals surface area (Å²) in [6.45, 7) is 3.26. The highest BCUT2D eigenvalue weighted by Crippen LogP contribution is 2.27. The second kappa shape index (κ2) is 10.1. The highest BCUT2D eigenvalue weighted by molar-refractivity contribution is 6.30. The summed E-state index contributed by atoms with van der Waals surface area (Å²) in [6, 6.07) is 18.6. The molecule has 1 atom stereocenters. The zero-order valence-corrected chi connectivity index (χ0v) is 19.7. The third-order valence-electron chi connectivity index (χ3n) is 5.94. The van der Waals surface area contributed by atoms with E-state index in [9.17, 15) is 14.0 Å². The summed E-state index contributed by atoms with van der Waals surface area (Å²) >= 11 is 5.68. The van der Waals surface area contributed by atoms with Crippen LogP contribution < -0.4 is 15.0 Å². The lowest BCUT2D eigenvalue weighted by Gasteiger charge is -2.24. The maximum atomic E-state index is 13.6. The zero-order chi connectivity index (χ0) is 24.2. The van der Waals surface area contributed by atoms with Crippen LogP contribution in [0.5, 0.6) is 11.5 Å². The van der Waals surface area contributed by atoms with Crippen molar-refractivity contribution in [3.63, 3.8) is 0 Å². The summed E-state index contributed by atoms with van der Waals surface area (Å²) in [5.74, 6) is 0.0529. The van der Waals surface area contributed by atoms with Crippen LogP contribution in [0.15, 0.2) is 66.7 Å². The molecule has 0 radical (unpaired) electrons. The fourth-order valence-corrected chi connectivity index (χ4v) is 3.98. The van der Waals surface area contributed by atoms with E-state index in [0.29, 0.717) is 22.7 Å². The van der Waals surface area contributed by atoms with Gasteiger partial charge in [0.1, 0.15) is 17.3 Å². The Morgan fingerprint density at radius 3 is 2.38 bits per heavy atom. The van der Waals surface area contributed by atoms with Crippen LogP contribution in [0.2, 0.25) is 5.02 Å². The summed E-state index contributed by atoms with van der Waals surface area (Å²) in [5.41, 5.74) is 2.20. The molecule has 4 rings (SSSR count). The lowest BCUT2D eigenvalue weighted by Crippen LogP contribution is -2.37. The number of nitrogens with one attached hydrogen (secondary N) is 1. The van der Waals surface area contributed by atoms with Crippen molar-refractivity contribution in [1.29, 1.82) is 0 Å². The Balaban J connectivity index is 1.34. The van der Waals surface area contributed by atoms with Crippen LogP contribution in [-0.4, -0.2) is 42.9 Å². The van der Waals surface area contributed by atoms with Gasteiger partial charge in [-0.15, -0.1) is 0 Å². The van der Waals surface area contributed by atoms with E-state index in [1.54, 1.807) is 42.2 Å². The van der Waals surface area contributed by atoms with E-state index < -0.39 is 5.82 Å². The Bertz CT molecular complexity index is 1180. The topological polar surface area (TPSA) is 61.9 Å². The Labute approximate surface area is 202 Å². The maximum Gasteiger partial charge on any atom is 0.255 e. The van der Waals surface area contributed by atoms with Gasteiger partial charge in [-0.3, -0.25) is 9.59 Å². The van der Waals surface area contributed by atoms with Gasteiger partial charge in [-0.1, -0.05) is 11.6 Å². The van der Waals surface area contributed by atoms with E-state index in [2.05, 4.69) is 10.2 Å². The molecular formula is C26H25ClFN3O3. The predicted molar refractivity (Wildman–Crippen MR) is 131 cm³/mol. The van der Waals surface area contributed by atoms with Crippen LogP contribution in [0, 0.1) is 5.82 Å². The molecule has 1 saturated heterocycles. The molecule has 0 aromatic heterocycles. The molecule has 0 aliphatic carbocycles. The van der Waals surface area contributed by atoms with Crippen molar-refractivity contribution in [2.24, 2.45) is 0 Å². The molecule has 34 heavy (non-hydrogen) atoms. The first-order chi connectivity index (χ1) is 16.3. The number of anilines is 2. The van der Waals surface area contributed by atoms with E-state index in [0.717, 1.165) is 25.2 Å². The molecular weight excluding hydrogens is 457 g/mol. The van der Waals surface area contributed by atoms with Gasteiger partial charge < -0.3 is 19.9 Å². The predicted octanol–water partition coefficient (Wildman–Crippen LogP) is 5.58. The molecule has 1 N–H and O–H groups in total. The van der Waals surface area contributed by atoms with Gasteiger partial charge >= 0.3 is 0 Å². The molecule has 3 aromatic rings. The zero-order valence-electron chi connectivity index (χ0n) is 18.9. The van der Waals surface area contributed by atoms with Crippen molar-refractivity contribution in [2.45, 2.75) is 19.4 Å². The minimum Gasteiger partial charge on any atom is -0.457 e.